The lowest BCUT2D eigenvalue weighted by Gasteiger charge is -2.08. The van der Waals surface area contributed by atoms with Crippen LogP contribution in [0.25, 0.3) is 10.3 Å². The quantitative estimate of drug-likeness (QED) is 0.695. The van der Waals surface area contributed by atoms with Crippen LogP contribution >= 0.6 is 22.9 Å². The van der Waals surface area contributed by atoms with Gasteiger partial charge < -0.3 is 15.5 Å². The monoisotopic (exact) mass is 366 g/mol. The standard InChI is InChI=1S/C15H16ClFN6S/c1-23(2)6-5-18-15-22-14-12(24-15)13(19-8-20-14)21-9-3-4-11(17)10(16)7-9/h3-4,7-8H,5-6H2,1-2H3,(H2,18,19,20,21,22). The number of thiazole rings is 1. The molecule has 2 N–H and O–H groups in total. The first-order valence-corrected chi connectivity index (χ1v) is 8.44. The second-order valence-electron chi connectivity index (χ2n) is 5.38. The van der Waals surface area contributed by atoms with Crippen molar-refractivity contribution in [3.05, 3.63) is 35.4 Å². The van der Waals surface area contributed by atoms with Crippen molar-refractivity contribution in [3.8, 4) is 0 Å². The molecule has 3 rings (SSSR count). The van der Waals surface area contributed by atoms with Gasteiger partial charge in [0, 0.05) is 18.8 Å². The van der Waals surface area contributed by atoms with Crippen molar-refractivity contribution in [2.24, 2.45) is 0 Å². The molecule has 0 saturated heterocycles. The summed E-state index contributed by atoms with van der Waals surface area (Å²) < 4.78 is 14.1. The molecular formula is C15H16ClFN6S. The average molecular weight is 367 g/mol. The Balaban J connectivity index is 1.82. The van der Waals surface area contributed by atoms with E-state index in [-0.39, 0.29) is 5.02 Å². The average Bonchev–Trinajstić information content (AvgIpc) is 2.94. The van der Waals surface area contributed by atoms with E-state index in [2.05, 4.69) is 30.5 Å². The molecule has 0 aliphatic rings. The summed E-state index contributed by atoms with van der Waals surface area (Å²) >= 11 is 7.28. The first kappa shape index (κ1) is 16.8. The molecule has 0 saturated carbocycles. The molecule has 1 aromatic carbocycles. The summed E-state index contributed by atoms with van der Waals surface area (Å²) in [5.74, 6) is 0.154. The largest absolute Gasteiger partial charge is 0.360 e. The van der Waals surface area contributed by atoms with Crippen molar-refractivity contribution in [2.45, 2.75) is 0 Å². The van der Waals surface area contributed by atoms with Gasteiger partial charge in [-0.2, -0.15) is 4.98 Å². The summed E-state index contributed by atoms with van der Waals surface area (Å²) in [6, 6.07) is 4.43. The highest BCUT2D eigenvalue weighted by Gasteiger charge is 2.11. The number of fused-ring (bicyclic) bond motifs is 1. The molecular weight excluding hydrogens is 351 g/mol. The number of benzene rings is 1. The van der Waals surface area contributed by atoms with E-state index in [1.165, 1.54) is 29.8 Å². The van der Waals surface area contributed by atoms with Gasteiger partial charge in [-0.1, -0.05) is 22.9 Å². The Hall–Kier alpha value is -2.03. The number of nitrogens with zero attached hydrogens (tertiary/aromatic N) is 4. The molecule has 2 heterocycles. The van der Waals surface area contributed by atoms with E-state index in [0.717, 1.165) is 22.9 Å². The van der Waals surface area contributed by atoms with Crippen LogP contribution in [-0.4, -0.2) is 47.0 Å². The fourth-order valence-corrected chi connectivity index (χ4v) is 3.09. The number of rotatable bonds is 6. The van der Waals surface area contributed by atoms with Crippen LogP contribution in [0.3, 0.4) is 0 Å². The summed E-state index contributed by atoms with van der Waals surface area (Å²) in [5.41, 5.74) is 1.26. The van der Waals surface area contributed by atoms with Gasteiger partial charge in [0.15, 0.2) is 16.6 Å². The molecule has 2 aromatic heterocycles. The zero-order chi connectivity index (χ0) is 17.1. The SMILES string of the molecule is CN(C)CCNc1nc2ncnc(Nc3ccc(F)c(Cl)c3)c2s1. The van der Waals surface area contributed by atoms with E-state index >= 15 is 0 Å². The van der Waals surface area contributed by atoms with Gasteiger partial charge in [0.05, 0.1) is 5.02 Å². The third-order valence-electron chi connectivity index (χ3n) is 3.21. The highest BCUT2D eigenvalue weighted by molar-refractivity contribution is 7.22. The normalized spacial score (nSPS) is 11.2. The number of nitrogens with one attached hydrogen (secondary N) is 2. The summed E-state index contributed by atoms with van der Waals surface area (Å²) in [4.78, 5) is 15.0. The third kappa shape index (κ3) is 3.89. The molecule has 0 radical (unpaired) electrons. The number of hydrogen-bond donors (Lipinski definition) is 2. The topological polar surface area (TPSA) is 66.0 Å². The van der Waals surface area contributed by atoms with E-state index in [9.17, 15) is 4.39 Å². The summed E-state index contributed by atoms with van der Waals surface area (Å²) in [5, 5.41) is 7.25. The number of anilines is 3. The maximum Gasteiger partial charge on any atom is 0.185 e. The van der Waals surface area contributed by atoms with Crippen molar-refractivity contribution >= 4 is 49.9 Å². The Morgan fingerprint density at radius 2 is 2.12 bits per heavy atom. The molecule has 9 heteroatoms. The Kier molecular flexibility index (Phi) is 5.08. The van der Waals surface area contributed by atoms with Gasteiger partial charge >= 0.3 is 0 Å². The van der Waals surface area contributed by atoms with Crippen molar-refractivity contribution in [1.29, 1.82) is 0 Å². The molecule has 0 aliphatic heterocycles. The molecule has 6 nitrogen and oxygen atoms in total. The lowest BCUT2D eigenvalue weighted by atomic mass is 10.3. The van der Waals surface area contributed by atoms with Crippen LogP contribution in [0, 0.1) is 5.82 Å². The number of aromatic nitrogens is 3. The highest BCUT2D eigenvalue weighted by atomic mass is 35.5. The van der Waals surface area contributed by atoms with Gasteiger partial charge in [-0.15, -0.1) is 0 Å². The number of halogens is 2. The fourth-order valence-electron chi connectivity index (χ4n) is 2.02. The summed E-state index contributed by atoms with van der Waals surface area (Å²) in [6.07, 6.45) is 1.44. The van der Waals surface area contributed by atoms with Gasteiger partial charge in [-0.25, -0.2) is 14.4 Å². The minimum Gasteiger partial charge on any atom is -0.360 e. The van der Waals surface area contributed by atoms with E-state index in [4.69, 9.17) is 11.6 Å². The van der Waals surface area contributed by atoms with Gasteiger partial charge in [0.25, 0.3) is 0 Å². The zero-order valence-electron chi connectivity index (χ0n) is 13.2. The van der Waals surface area contributed by atoms with Crippen molar-refractivity contribution < 1.29 is 4.39 Å². The van der Waals surface area contributed by atoms with Crippen LogP contribution in [0.5, 0.6) is 0 Å². The second-order valence-corrected chi connectivity index (χ2v) is 6.78. The van der Waals surface area contributed by atoms with E-state index in [1.54, 1.807) is 6.07 Å². The molecule has 0 atom stereocenters. The van der Waals surface area contributed by atoms with Gasteiger partial charge in [0.2, 0.25) is 0 Å². The fraction of sp³-hybridized carbons (Fsp3) is 0.267. The first-order chi connectivity index (χ1) is 11.5. The molecule has 0 amide bonds. The first-order valence-electron chi connectivity index (χ1n) is 7.25. The van der Waals surface area contributed by atoms with E-state index < -0.39 is 5.82 Å². The Morgan fingerprint density at radius 3 is 2.88 bits per heavy atom. The predicted molar refractivity (Wildman–Crippen MR) is 96.9 cm³/mol. The van der Waals surface area contributed by atoms with Crippen LogP contribution in [0.2, 0.25) is 5.02 Å². The van der Waals surface area contributed by atoms with Crippen molar-refractivity contribution in [3.63, 3.8) is 0 Å². The van der Waals surface area contributed by atoms with Gasteiger partial charge in [-0.05, 0) is 32.3 Å². The lowest BCUT2D eigenvalue weighted by molar-refractivity contribution is 0.425. The Labute approximate surface area is 147 Å². The molecule has 24 heavy (non-hydrogen) atoms. The highest BCUT2D eigenvalue weighted by Crippen LogP contribution is 2.31. The zero-order valence-corrected chi connectivity index (χ0v) is 14.7. The van der Waals surface area contributed by atoms with Crippen LogP contribution in [0.1, 0.15) is 0 Å². The molecule has 126 valence electrons. The van der Waals surface area contributed by atoms with E-state index in [0.29, 0.717) is 17.2 Å². The molecule has 0 unspecified atom stereocenters. The second kappa shape index (κ2) is 7.25. The Morgan fingerprint density at radius 1 is 1.29 bits per heavy atom. The molecule has 0 fully saturated rings. The minimum atomic E-state index is -0.458. The van der Waals surface area contributed by atoms with E-state index in [1.807, 2.05) is 14.1 Å². The van der Waals surface area contributed by atoms with Crippen LogP contribution in [0.4, 0.5) is 21.0 Å². The maximum absolute atomic E-state index is 13.3. The Bertz CT molecular complexity index is 853. The molecule has 3 aromatic rings. The third-order valence-corrected chi connectivity index (χ3v) is 4.51. The lowest BCUT2D eigenvalue weighted by Crippen LogP contribution is -2.20. The number of likely N-dealkylation sites (N-methyl/N-ethyl adjacent to an activating group) is 1. The maximum atomic E-state index is 13.3. The molecule has 0 spiro atoms. The minimum absolute atomic E-state index is 0.0562. The van der Waals surface area contributed by atoms with Crippen LogP contribution in [-0.2, 0) is 0 Å². The predicted octanol–water partition coefficient (Wildman–Crippen LogP) is 3.60. The number of hydrogen-bond acceptors (Lipinski definition) is 7. The van der Waals surface area contributed by atoms with Crippen molar-refractivity contribution in [1.82, 2.24) is 19.9 Å². The van der Waals surface area contributed by atoms with Crippen molar-refractivity contribution in [2.75, 3.05) is 37.8 Å². The van der Waals surface area contributed by atoms with Crippen LogP contribution in [0.15, 0.2) is 24.5 Å². The van der Waals surface area contributed by atoms with Gasteiger partial charge in [-0.3, -0.25) is 0 Å². The molecule has 0 aliphatic carbocycles. The molecule has 0 bridgehead atoms. The summed E-state index contributed by atoms with van der Waals surface area (Å²) in [6.45, 7) is 1.69. The van der Waals surface area contributed by atoms with Crippen LogP contribution < -0.4 is 10.6 Å². The summed E-state index contributed by atoms with van der Waals surface area (Å²) in [7, 11) is 4.03. The smallest absolute Gasteiger partial charge is 0.185 e. The van der Waals surface area contributed by atoms with Gasteiger partial charge in [0.1, 0.15) is 16.8 Å².